The molecular formula is C26H36N2. The predicted octanol–water partition coefficient (Wildman–Crippen LogP) is 7.37. The van der Waals surface area contributed by atoms with Crippen molar-refractivity contribution in [3.63, 3.8) is 0 Å². The van der Waals surface area contributed by atoms with Crippen LogP contribution in [0.4, 0.5) is 11.4 Å². The van der Waals surface area contributed by atoms with E-state index in [4.69, 9.17) is 0 Å². The van der Waals surface area contributed by atoms with Gasteiger partial charge in [-0.2, -0.15) is 0 Å². The Balaban J connectivity index is 1.41. The molecule has 2 heteroatoms. The van der Waals surface area contributed by atoms with E-state index >= 15 is 0 Å². The second kappa shape index (κ2) is 10.0. The molecule has 0 saturated heterocycles. The van der Waals surface area contributed by atoms with Crippen LogP contribution in [-0.4, -0.2) is 0 Å². The zero-order chi connectivity index (χ0) is 19.0. The largest absolute Gasteiger partial charge is 0.301 e. The second-order valence-corrected chi connectivity index (χ2v) is 8.98. The van der Waals surface area contributed by atoms with Gasteiger partial charge in [-0.05, 0) is 47.9 Å². The first-order chi connectivity index (χ1) is 13.9. The Morgan fingerprint density at radius 2 is 0.929 bits per heavy atom. The number of benzene rings is 2. The third-order valence-electron chi connectivity index (χ3n) is 6.83. The van der Waals surface area contributed by atoms with Crippen LogP contribution >= 0.6 is 0 Å². The molecular weight excluding hydrogens is 340 g/mol. The van der Waals surface area contributed by atoms with Gasteiger partial charge < -0.3 is 10.9 Å². The summed E-state index contributed by atoms with van der Waals surface area (Å²) in [5, 5.41) is 0. The highest BCUT2D eigenvalue weighted by Crippen LogP contribution is 2.31. The average Bonchev–Trinajstić information content (AvgIpc) is 3.10. The fourth-order valence-corrected chi connectivity index (χ4v) is 5.18. The molecule has 0 amide bonds. The molecule has 2 fully saturated rings. The van der Waals surface area contributed by atoms with Gasteiger partial charge in [-0.3, -0.25) is 0 Å². The minimum atomic E-state index is 0.847. The first-order valence-electron chi connectivity index (χ1n) is 11.6. The minimum absolute atomic E-state index is 0.847. The molecule has 2 aromatic carbocycles. The van der Waals surface area contributed by atoms with Crippen molar-refractivity contribution in [3.05, 3.63) is 59.7 Å². The number of nitrogens with one attached hydrogen (secondary N) is 2. The van der Waals surface area contributed by atoms with Crippen molar-refractivity contribution < 1.29 is 0 Å². The molecule has 28 heavy (non-hydrogen) atoms. The van der Waals surface area contributed by atoms with Crippen molar-refractivity contribution >= 4 is 11.4 Å². The SMILES string of the molecule is c1ccc(NNc2ccccc2CC2CCCC2)c(CC2CCCCCC2)c1. The summed E-state index contributed by atoms with van der Waals surface area (Å²) in [5.74, 6) is 1.71. The van der Waals surface area contributed by atoms with Crippen molar-refractivity contribution in [2.24, 2.45) is 11.8 Å². The van der Waals surface area contributed by atoms with Crippen molar-refractivity contribution in [2.75, 3.05) is 10.9 Å². The van der Waals surface area contributed by atoms with Crippen LogP contribution in [0.15, 0.2) is 48.5 Å². The molecule has 4 rings (SSSR count). The summed E-state index contributed by atoms with van der Waals surface area (Å²) >= 11 is 0. The van der Waals surface area contributed by atoms with Gasteiger partial charge in [0.1, 0.15) is 0 Å². The summed E-state index contributed by atoms with van der Waals surface area (Å²) in [6.45, 7) is 0. The Hall–Kier alpha value is -1.96. The summed E-state index contributed by atoms with van der Waals surface area (Å²) in [7, 11) is 0. The Bertz CT molecular complexity index is 725. The van der Waals surface area contributed by atoms with E-state index in [2.05, 4.69) is 59.4 Å². The molecule has 2 nitrogen and oxygen atoms in total. The summed E-state index contributed by atoms with van der Waals surface area (Å²) in [6.07, 6.45) is 16.5. The van der Waals surface area contributed by atoms with Gasteiger partial charge in [0.05, 0.1) is 11.4 Å². The highest BCUT2D eigenvalue weighted by Gasteiger charge is 2.17. The number of hydrazine groups is 1. The molecule has 0 atom stereocenters. The van der Waals surface area contributed by atoms with E-state index < -0.39 is 0 Å². The Morgan fingerprint density at radius 3 is 1.39 bits per heavy atom. The van der Waals surface area contributed by atoms with E-state index in [1.165, 1.54) is 99.6 Å². The number of para-hydroxylation sites is 2. The molecule has 2 aromatic rings. The number of hydrogen-bond donors (Lipinski definition) is 2. The molecule has 150 valence electrons. The van der Waals surface area contributed by atoms with Gasteiger partial charge in [0.25, 0.3) is 0 Å². The van der Waals surface area contributed by atoms with Crippen LogP contribution in [0.3, 0.4) is 0 Å². The topological polar surface area (TPSA) is 24.1 Å². The van der Waals surface area contributed by atoms with Crippen LogP contribution in [0.1, 0.15) is 75.3 Å². The van der Waals surface area contributed by atoms with Gasteiger partial charge in [0.15, 0.2) is 0 Å². The first-order valence-corrected chi connectivity index (χ1v) is 11.6. The molecule has 2 N–H and O–H groups in total. The van der Waals surface area contributed by atoms with Gasteiger partial charge in [-0.15, -0.1) is 0 Å². The molecule has 2 saturated carbocycles. The molecule has 0 spiro atoms. The fourth-order valence-electron chi connectivity index (χ4n) is 5.18. The second-order valence-electron chi connectivity index (χ2n) is 8.98. The molecule has 2 aliphatic rings. The monoisotopic (exact) mass is 376 g/mol. The molecule has 0 aromatic heterocycles. The quantitative estimate of drug-likeness (QED) is 0.389. The predicted molar refractivity (Wildman–Crippen MR) is 121 cm³/mol. The third kappa shape index (κ3) is 5.31. The van der Waals surface area contributed by atoms with Crippen LogP contribution in [0, 0.1) is 11.8 Å². The molecule has 0 bridgehead atoms. The molecule has 2 aliphatic carbocycles. The first kappa shape index (κ1) is 19.4. The normalized spacial score (nSPS) is 18.7. The van der Waals surface area contributed by atoms with E-state index in [-0.39, 0.29) is 0 Å². The van der Waals surface area contributed by atoms with Crippen molar-refractivity contribution in [3.8, 4) is 0 Å². The Kier molecular flexibility index (Phi) is 6.91. The maximum absolute atomic E-state index is 3.55. The lowest BCUT2D eigenvalue weighted by Gasteiger charge is -2.20. The van der Waals surface area contributed by atoms with Gasteiger partial charge in [-0.1, -0.05) is 101 Å². The highest BCUT2D eigenvalue weighted by atomic mass is 15.4. The van der Waals surface area contributed by atoms with E-state index in [9.17, 15) is 0 Å². The zero-order valence-corrected chi connectivity index (χ0v) is 17.3. The number of anilines is 2. The van der Waals surface area contributed by atoms with Crippen molar-refractivity contribution in [1.82, 2.24) is 0 Å². The van der Waals surface area contributed by atoms with Crippen LogP contribution in [0.2, 0.25) is 0 Å². The number of rotatable bonds is 7. The lowest BCUT2D eigenvalue weighted by molar-refractivity contribution is 0.458. The standard InChI is InChI=1S/C26H36N2/c1-2-4-12-21(11-3-1)19-23-15-7-9-17-25(23)27-28-26-18-10-8-16-24(26)20-22-13-5-6-14-22/h7-10,15-18,21-22,27-28H,1-6,11-14,19-20H2. The highest BCUT2D eigenvalue weighted by molar-refractivity contribution is 5.59. The van der Waals surface area contributed by atoms with Crippen molar-refractivity contribution in [1.29, 1.82) is 0 Å². The van der Waals surface area contributed by atoms with Crippen molar-refractivity contribution in [2.45, 2.75) is 77.0 Å². The Morgan fingerprint density at radius 1 is 0.536 bits per heavy atom. The molecule has 0 heterocycles. The van der Waals surface area contributed by atoms with Gasteiger partial charge in [-0.25, -0.2) is 0 Å². The average molecular weight is 377 g/mol. The van der Waals surface area contributed by atoms with Gasteiger partial charge >= 0.3 is 0 Å². The maximum atomic E-state index is 3.55. The zero-order valence-electron chi connectivity index (χ0n) is 17.3. The van der Waals surface area contributed by atoms with Crippen LogP contribution < -0.4 is 10.9 Å². The van der Waals surface area contributed by atoms with Crippen LogP contribution in [-0.2, 0) is 12.8 Å². The number of hydrogen-bond acceptors (Lipinski definition) is 2. The smallest absolute Gasteiger partial charge is 0.0571 e. The summed E-state index contributed by atoms with van der Waals surface area (Å²) < 4.78 is 0. The lowest BCUT2D eigenvalue weighted by Crippen LogP contribution is -2.14. The van der Waals surface area contributed by atoms with E-state index in [1.54, 1.807) is 0 Å². The molecule has 0 aliphatic heterocycles. The van der Waals surface area contributed by atoms with Crippen LogP contribution in [0.5, 0.6) is 0 Å². The summed E-state index contributed by atoms with van der Waals surface area (Å²) in [6, 6.07) is 17.7. The van der Waals surface area contributed by atoms with Crippen LogP contribution in [0.25, 0.3) is 0 Å². The van der Waals surface area contributed by atoms with Gasteiger partial charge in [0, 0.05) is 0 Å². The third-order valence-corrected chi connectivity index (χ3v) is 6.83. The Labute approximate surface area is 171 Å². The van der Waals surface area contributed by atoms with E-state index in [1.807, 2.05) is 0 Å². The van der Waals surface area contributed by atoms with Gasteiger partial charge in [0.2, 0.25) is 0 Å². The fraction of sp³-hybridized carbons (Fsp3) is 0.538. The lowest BCUT2D eigenvalue weighted by atomic mass is 9.92. The molecule has 0 unspecified atom stereocenters. The summed E-state index contributed by atoms with van der Waals surface area (Å²) in [5.41, 5.74) is 12.5. The van der Waals surface area contributed by atoms with E-state index in [0.717, 1.165) is 11.8 Å². The maximum Gasteiger partial charge on any atom is 0.0571 e. The summed E-state index contributed by atoms with van der Waals surface area (Å²) in [4.78, 5) is 0. The molecule has 0 radical (unpaired) electrons. The minimum Gasteiger partial charge on any atom is -0.301 e. The van der Waals surface area contributed by atoms with E-state index in [0.29, 0.717) is 0 Å².